The topological polar surface area (TPSA) is 62.3 Å². The van der Waals surface area contributed by atoms with E-state index in [9.17, 15) is 8.42 Å². The summed E-state index contributed by atoms with van der Waals surface area (Å²) >= 11 is 0. The molecule has 1 N–H and O–H groups in total. The first-order chi connectivity index (χ1) is 11.2. The largest absolute Gasteiger partial charge is 0.370 e. The van der Waals surface area contributed by atoms with Gasteiger partial charge in [0.05, 0.1) is 0 Å². The van der Waals surface area contributed by atoms with Gasteiger partial charge in [-0.25, -0.2) is 13.4 Å². The summed E-state index contributed by atoms with van der Waals surface area (Å²) in [6.07, 6.45) is 11.8. The summed E-state index contributed by atoms with van der Waals surface area (Å²) in [6, 6.07) is 3.42. The Balaban J connectivity index is 1.55. The highest BCUT2D eigenvalue weighted by molar-refractivity contribution is 7.89. The molecule has 0 bridgehead atoms. The van der Waals surface area contributed by atoms with Gasteiger partial charge in [-0.15, -0.1) is 0 Å². The molecule has 1 fully saturated rings. The number of sulfonamides is 1. The summed E-state index contributed by atoms with van der Waals surface area (Å²) in [5.41, 5.74) is 1.52. The molecule has 1 aliphatic heterocycles. The molecule has 0 unspecified atom stereocenters. The molecule has 1 aromatic heterocycles. The number of allylic oxidation sites excluding steroid dienone is 1. The molecular weight excluding hydrogens is 310 g/mol. The van der Waals surface area contributed by atoms with E-state index in [2.05, 4.69) is 16.4 Å². The van der Waals surface area contributed by atoms with Gasteiger partial charge in [-0.05, 0) is 57.1 Å². The van der Waals surface area contributed by atoms with E-state index in [0.29, 0.717) is 18.0 Å². The first-order valence-electron chi connectivity index (χ1n) is 8.54. The van der Waals surface area contributed by atoms with Gasteiger partial charge in [-0.2, -0.15) is 4.31 Å². The first-order valence-corrected chi connectivity index (χ1v) is 9.98. The molecule has 5 nitrogen and oxygen atoms in total. The standard InChI is InChI=1S/C17H25N3O2S/c21-23(22,20-12-4-5-13-20)16-8-9-17(19-14-16)18-11-10-15-6-2-1-3-7-15/h6,8-9,14H,1-5,7,10-13H2,(H,18,19). The van der Waals surface area contributed by atoms with Crippen molar-refractivity contribution in [1.29, 1.82) is 0 Å². The van der Waals surface area contributed by atoms with Crippen LogP contribution in [-0.4, -0.2) is 37.3 Å². The SMILES string of the molecule is O=S(=O)(c1ccc(NCCC2=CCCCC2)nc1)N1CCCC1. The smallest absolute Gasteiger partial charge is 0.244 e. The van der Waals surface area contributed by atoms with Gasteiger partial charge in [0.15, 0.2) is 0 Å². The zero-order valence-corrected chi connectivity index (χ0v) is 14.3. The Labute approximate surface area is 138 Å². The summed E-state index contributed by atoms with van der Waals surface area (Å²) in [5.74, 6) is 0.738. The maximum atomic E-state index is 12.4. The molecule has 6 heteroatoms. The van der Waals surface area contributed by atoms with E-state index in [1.807, 2.05) is 0 Å². The lowest BCUT2D eigenvalue weighted by atomic mass is 9.97. The minimum Gasteiger partial charge on any atom is -0.370 e. The molecule has 2 aliphatic rings. The Bertz CT molecular complexity index is 647. The molecule has 1 aliphatic carbocycles. The summed E-state index contributed by atoms with van der Waals surface area (Å²) in [4.78, 5) is 4.55. The van der Waals surface area contributed by atoms with E-state index >= 15 is 0 Å². The minimum atomic E-state index is -3.36. The van der Waals surface area contributed by atoms with Gasteiger partial charge in [-0.3, -0.25) is 0 Å². The van der Waals surface area contributed by atoms with Crippen LogP contribution in [0.5, 0.6) is 0 Å². The van der Waals surface area contributed by atoms with Gasteiger partial charge in [0.2, 0.25) is 10.0 Å². The van der Waals surface area contributed by atoms with Crippen molar-refractivity contribution in [3.05, 3.63) is 30.0 Å². The third-order valence-electron chi connectivity index (χ3n) is 4.58. The Morgan fingerprint density at radius 2 is 1.96 bits per heavy atom. The molecule has 0 radical (unpaired) electrons. The normalized spacial score (nSPS) is 19.6. The van der Waals surface area contributed by atoms with Crippen LogP contribution in [0.15, 0.2) is 34.9 Å². The van der Waals surface area contributed by atoms with Gasteiger partial charge >= 0.3 is 0 Å². The summed E-state index contributed by atoms with van der Waals surface area (Å²) in [6.45, 7) is 2.09. The molecular formula is C17H25N3O2S. The fourth-order valence-electron chi connectivity index (χ4n) is 3.20. The zero-order chi connectivity index (χ0) is 16.1. The molecule has 1 saturated heterocycles. The number of hydrogen-bond donors (Lipinski definition) is 1. The molecule has 3 rings (SSSR count). The number of anilines is 1. The van der Waals surface area contributed by atoms with Crippen molar-refractivity contribution in [3.63, 3.8) is 0 Å². The molecule has 1 aromatic rings. The van der Waals surface area contributed by atoms with Gasteiger partial charge in [0.1, 0.15) is 10.7 Å². The first kappa shape index (κ1) is 16.5. The second-order valence-electron chi connectivity index (χ2n) is 6.28. The third-order valence-corrected chi connectivity index (χ3v) is 6.46. The Morgan fingerprint density at radius 3 is 2.61 bits per heavy atom. The lowest BCUT2D eigenvalue weighted by Gasteiger charge is -2.16. The summed E-state index contributed by atoms with van der Waals surface area (Å²) in [7, 11) is -3.36. The van der Waals surface area contributed by atoms with Crippen LogP contribution in [0.1, 0.15) is 44.9 Å². The van der Waals surface area contributed by atoms with E-state index < -0.39 is 10.0 Å². The van der Waals surface area contributed by atoms with E-state index in [-0.39, 0.29) is 0 Å². The number of pyridine rings is 1. The van der Waals surface area contributed by atoms with Crippen LogP contribution >= 0.6 is 0 Å². The maximum absolute atomic E-state index is 12.4. The second kappa shape index (κ2) is 7.45. The predicted octanol–water partition coefficient (Wildman–Crippen LogP) is 3.17. The van der Waals surface area contributed by atoms with E-state index in [1.165, 1.54) is 37.5 Å². The van der Waals surface area contributed by atoms with Gasteiger partial charge in [0.25, 0.3) is 0 Å². The van der Waals surface area contributed by atoms with E-state index in [0.717, 1.165) is 31.6 Å². The van der Waals surface area contributed by atoms with Gasteiger partial charge < -0.3 is 5.32 Å². The molecule has 0 saturated carbocycles. The molecule has 0 aromatic carbocycles. The van der Waals surface area contributed by atoms with Crippen LogP contribution in [0.3, 0.4) is 0 Å². The highest BCUT2D eigenvalue weighted by Crippen LogP contribution is 2.22. The average molecular weight is 335 g/mol. The lowest BCUT2D eigenvalue weighted by molar-refractivity contribution is 0.477. The minimum absolute atomic E-state index is 0.292. The maximum Gasteiger partial charge on any atom is 0.244 e. The number of nitrogens with zero attached hydrogens (tertiary/aromatic N) is 2. The van der Waals surface area contributed by atoms with Gasteiger partial charge in [0, 0.05) is 25.8 Å². The Kier molecular flexibility index (Phi) is 5.33. The fraction of sp³-hybridized carbons (Fsp3) is 0.588. The molecule has 126 valence electrons. The highest BCUT2D eigenvalue weighted by Gasteiger charge is 2.27. The van der Waals surface area contributed by atoms with Crippen molar-refractivity contribution in [2.45, 2.75) is 49.8 Å². The predicted molar refractivity (Wildman–Crippen MR) is 91.9 cm³/mol. The molecule has 2 heterocycles. The molecule has 0 spiro atoms. The Morgan fingerprint density at radius 1 is 1.13 bits per heavy atom. The van der Waals surface area contributed by atoms with Crippen molar-refractivity contribution in [3.8, 4) is 0 Å². The quantitative estimate of drug-likeness (QED) is 0.811. The van der Waals surface area contributed by atoms with Crippen LogP contribution in [0.2, 0.25) is 0 Å². The van der Waals surface area contributed by atoms with Crippen molar-refractivity contribution >= 4 is 15.8 Å². The summed E-state index contributed by atoms with van der Waals surface area (Å²) in [5, 5.41) is 3.28. The van der Waals surface area contributed by atoms with E-state index in [4.69, 9.17) is 0 Å². The second-order valence-corrected chi connectivity index (χ2v) is 8.21. The average Bonchev–Trinajstić information content (AvgIpc) is 3.12. The zero-order valence-electron chi connectivity index (χ0n) is 13.5. The van der Waals surface area contributed by atoms with Crippen LogP contribution in [-0.2, 0) is 10.0 Å². The van der Waals surface area contributed by atoms with Gasteiger partial charge in [-0.1, -0.05) is 11.6 Å². The van der Waals surface area contributed by atoms with Crippen molar-refractivity contribution in [1.82, 2.24) is 9.29 Å². The fourth-order valence-corrected chi connectivity index (χ4v) is 4.66. The van der Waals surface area contributed by atoms with Crippen LogP contribution in [0.25, 0.3) is 0 Å². The van der Waals surface area contributed by atoms with Crippen LogP contribution in [0.4, 0.5) is 5.82 Å². The molecule has 23 heavy (non-hydrogen) atoms. The van der Waals surface area contributed by atoms with Crippen LogP contribution in [0, 0.1) is 0 Å². The van der Waals surface area contributed by atoms with Crippen molar-refractivity contribution in [2.75, 3.05) is 25.0 Å². The third kappa shape index (κ3) is 4.12. The number of rotatable bonds is 6. The Hall–Kier alpha value is -1.40. The monoisotopic (exact) mass is 335 g/mol. The number of nitrogens with one attached hydrogen (secondary N) is 1. The molecule has 0 amide bonds. The van der Waals surface area contributed by atoms with E-state index in [1.54, 1.807) is 16.4 Å². The van der Waals surface area contributed by atoms with Crippen LogP contribution < -0.4 is 5.32 Å². The number of hydrogen-bond acceptors (Lipinski definition) is 4. The van der Waals surface area contributed by atoms with Crippen molar-refractivity contribution < 1.29 is 8.42 Å². The summed E-state index contributed by atoms with van der Waals surface area (Å²) < 4.78 is 26.4. The highest BCUT2D eigenvalue weighted by atomic mass is 32.2. The molecule has 0 atom stereocenters. The lowest BCUT2D eigenvalue weighted by Crippen LogP contribution is -2.27. The van der Waals surface area contributed by atoms with Crippen molar-refractivity contribution in [2.24, 2.45) is 0 Å². The number of aromatic nitrogens is 1.